The number of ether oxygens (including phenoxy) is 1. The first-order chi connectivity index (χ1) is 66.9. The molecule has 2 atom stereocenters. The number of anilines is 4. The van der Waals surface area contributed by atoms with Crippen LogP contribution in [0.15, 0.2) is 194 Å². The van der Waals surface area contributed by atoms with E-state index in [-0.39, 0.29) is 82.6 Å². The van der Waals surface area contributed by atoms with Gasteiger partial charge in [-0.05, 0) is 188 Å². The molecule has 5 heterocycles. The maximum atomic E-state index is 12.6. The van der Waals surface area contributed by atoms with Crippen LogP contribution in [0.3, 0.4) is 0 Å². The third-order valence-electron chi connectivity index (χ3n) is 27.1. The molecule has 5 aliphatic rings. The monoisotopic (exact) mass is 1880 g/mol. The number of nitrogens with two attached hydrogens (primary N) is 6. The van der Waals surface area contributed by atoms with Crippen molar-refractivity contribution in [1.29, 1.82) is 0 Å². The molecule has 5 fully saturated rings. The molecule has 17 rings (SSSR count). The van der Waals surface area contributed by atoms with Crippen molar-refractivity contribution >= 4 is 76.4 Å². The lowest BCUT2D eigenvalue weighted by Gasteiger charge is -2.46. The number of carbonyl (C=O) groups excluding carboxylic acids is 9. The van der Waals surface area contributed by atoms with E-state index in [1.54, 1.807) is 34.4 Å². The van der Waals surface area contributed by atoms with E-state index in [1.807, 2.05) is 246 Å². The number of hydrogen-bond donors (Lipinski definition) is 12. The fraction of sp³-hybridized carbons (Fsp3) is 0.361. The van der Waals surface area contributed by atoms with Crippen LogP contribution in [0.4, 0.5) is 23.3 Å². The van der Waals surface area contributed by atoms with E-state index in [2.05, 4.69) is 31.9 Å². The minimum atomic E-state index is -0.648. The zero-order chi connectivity index (χ0) is 98.9. The molecule has 2 unspecified atom stereocenters. The average Bonchev–Trinajstić information content (AvgIpc) is 1.65. The van der Waals surface area contributed by atoms with Gasteiger partial charge >= 0.3 is 0 Å². The van der Waals surface area contributed by atoms with Gasteiger partial charge in [0.15, 0.2) is 0 Å². The lowest BCUT2D eigenvalue weighted by molar-refractivity contribution is -0.135. The Morgan fingerprint density at radius 3 is 0.986 bits per heavy atom. The second-order valence-corrected chi connectivity index (χ2v) is 37.6. The molecule has 8 aromatic carbocycles. The number of aromatic nitrogens is 8. The van der Waals surface area contributed by atoms with Crippen molar-refractivity contribution in [1.82, 2.24) is 65.3 Å². The molecule has 31 nitrogen and oxygen atoms in total. The van der Waals surface area contributed by atoms with Crippen LogP contribution in [0.1, 0.15) is 275 Å². The minimum Gasteiger partial charge on any atom is -0.383 e. The summed E-state index contributed by atoms with van der Waals surface area (Å²) in [6.07, 6.45) is 16.0. The molecule has 1 aliphatic heterocycles. The third-order valence-corrected chi connectivity index (χ3v) is 27.1. The van der Waals surface area contributed by atoms with Gasteiger partial charge in [-0.3, -0.25) is 43.2 Å². The van der Waals surface area contributed by atoms with Crippen molar-refractivity contribution in [3.05, 3.63) is 283 Å². The van der Waals surface area contributed by atoms with E-state index in [9.17, 15) is 43.2 Å². The summed E-state index contributed by atoms with van der Waals surface area (Å²) >= 11 is 0. The molecule has 9 amide bonds. The Balaban J connectivity index is 0.000000148. The van der Waals surface area contributed by atoms with Crippen LogP contribution < -0.4 is 66.3 Å². The zero-order valence-corrected chi connectivity index (χ0v) is 80.8. The minimum absolute atomic E-state index is 0.0922. The van der Waals surface area contributed by atoms with Gasteiger partial charge in [-0.15, -0.1) is 0 Å². The SMILES string of the molecule is CCNc1c(C(N)=O)c(-c2ccc(CNC(=O)c3ccccc3C)cc2)nn1C1CCCC1.Cc1ccccc1C(=O)NCc1ccc(-c2nn(C3CCC4(CC3)COC4)c(N)c2C(N)=O)cc1.Cc1ccccc1C(=O)NCc1ccc(-c2nn(C3CCCC(C(=O)N(C)C)C3)c(N)c2C(N)=O)cc1.Cc1ccccc1C(=O)NCc1ccc(-c2nn(C3CCCC3)c(NC(C)C)c2C(N)=O)cc1. The molecule has 4 saturated carbocycles. The number of nitrogens with one attached hydrogen (secondary N) is 6. The van der Waals surface area contributed by atoms with Crippen molar-refractivity contribution in [2.75, 3.05) is 56.0 Å². The van der Waals surface area contributed by atoms with Gasteiger partial charge in [0.1, 0.15) is 68.3 Å². The van der Waals surface area contributed by atoms with Gasteiger partial charge in [-0.1, -0.05) is 202 Å². The Kier molecular flexibility index (Phi) is 32.6. The maximum Gasteiger partial charge on any atom is 0.254 e. The molecule has 1 spiro atoms. The quantitative estimate of drug-likeness (QED) is 0.0207. The Hall–Kier alpha value is -15.0. The van der Waals surface area contributed by atoms with Gasteiger partial charge in [-0.2, -0.15) is 20.4 Å². The molecule has 1 saturated heterocycles. The average molecular weight is 1880 g/mol. The molecule has 18 N–H and O–H groups in total. The molecular weight excluding hydrogens is 1750 g/mol. The second-order valence-electron chi connectivity index (χ2n) is 37.6. The maximum absolute atomic E-state index is 12.6. The van der Waals surface area contributed by atoms with Gasteiger partial charge in [0.05, 0.1) is 37.4 Å². The molecule has 0 radical (unpaired) electrons. The van der Waals surface area contributed by atoms with Crippen LogP contribution in [0.25, 0.3) is 45.0 Å². The standard InChI is InChI=1S/C28H34N6O3.C27H31N5O3.C27H33N5O2.C26H31N5O2/c1-17-7-4-5-10-22(17)27(36)31-16-18-11-13-19(14-12-18)24-23(26(30)35)25(29)34(32-24)21-9-6-8-20(15-21)28(37)33(2)3;1-17-4-2-3-5-21(17)26(34)30-14-18-6-8-19(9-7-18)23-22(25(29)33)24(28)32(31-23)20-10-12-27(13-11-20)15-35-16-27;1-17(2)30-26-23(25(28)33)24(31-32(26)21-9-5-6-10-21)20-14-12-19(13-15-20)16-29-27(34)22-11-7-4-8-18(22)3;1-3-28-25-22(24(27)32)23(30-31(25)20-9-5-6-10-20)19-14-12-18(13-15-19)16-29-26(33)21-11-7-4-8-17(21)2/h4-5,7,10-14,20-21H,6,8-9,15-16,29H2,1-3H3,(H2,30,35)(H,31,36);2-9,20H,10-16,28H2,1H3,(H2,29,33)(H,30,34);4,7-8,11-15,17,21,30H,5-6,9-10,16H2,1-3H3,(H2,28,33)(H,29,34);4,7-8,11-15,20,28H,3,5-6,9-10,16H2,1-2H3,(H2,27,32)(H,29,33). The largest absolute Gasteiger partial charge is 0.383 e. The van der Waals surface area contributed by atoms with E-state index in [4.69, 9.17) is 59.5 Å². The van der Waals surface area contributed by atoms with Crippen LogP contribution in [0.2, 0.25) is 0 Å². The number of benzene rings is 8. The normalized spacial score (nSPS) is 15.6. The molecular formula is C108H129N21O10. The lowest BCUT2D eigenvalue weighted by Crippen LogP contribution is -2.45. The summed E-state index contributed by atoms with van der Waals surface area (Å²) in [5.74, 6) is -0.701. The predicted molar refractivity (Wildman–Crippen MR) is 541 cm³/mol. The van der Waals surface area contributed by atoms with Crippen molar-refractivity contribution in [3.63, 3.8) is 0 Å². The molecule has 726 valence electrons. The highest BCUT2D eigenvalue weighted by molar-refractivity contribution is 6.07. The Labute approximate surface area is 811 Å². The van der Waals surface area contributed by atoms with Gasteiger partial charge < -0.3 is 75.9 Å². The molecule has 12 aromatic rings. The summed E-state index contributed by atoms with van der Waals surface area (Å²) in [7, 11) is 3.52. The number of amides is 9. The first-order valence-corrected chi connectivity index (χ1v) is 48.1. The highest BCUT2D eigenvalue weighted by Crippen LogP contribution is 2.48. The van der Waals surface area contributed by atoms with Gasteiger partial charge in [-0.25, -0.2) is 18.7 Å². The number of primary amides is 4. The molecule has 0 bridgehead atoms. The van der Waals surface area contributed by atoms with E-state index in [0.29, 0.717) is 124 Å². The van der Waals surface area contributed by atoms with Crippen LogP contribution >= 0.6 is 0 Å². The summed E-state index contributed by atoms with van der Waals surface area (Å²) in [4.78, 5) is 114. The summed E-state index contributed by atoms with van der Waals surface area (Å²) in [5.41, 5.74) is 52.8. The topological polar surface area (TPSA) is 466 Å². The van der Waals surface area contributed by atoms with Crippen LogP contribution in [-0.2, 0) is 35.7 Å². The summed E-state index contributed by atoms with van der Waals surface area (Å²) in [5, 5.41) is 37.7. The fourth-order valence-corrected chi connectivity index (χ4v) is 19.3. The highest BCUT2D eigenvalue weighted by atomic mass is 16.5. The third kappa shape index (κ3) is 23.6. The van der Waals surface area contributed by atoms with Crippen LogP contribution in [0.5, 0.6) is 0 Å². The fourth-order valence-electron chi connectivity index (χ4n) is 19.3. The number of hydrogen-bond acceptors (Lipinski definition) is 18. The Morgan fingerprint density at radius 2 is 0.683 bits per heavy atom. The number of carbonyl (C=O) groups is 9. The number of nitrogen functional groups attached to an aromatic ring is 2. The number of aryl methyl sites for hydroxylation is 4. The second kappa shape index (κ2) is 45.3. The highest BCUT2D eigenvalue weighted by Gasteiger charge is 2.43. The first-order valence-electron chi connectivity index (χ1n) is 48.1. The van der Waals surface area contributed by atoms with E-state index >= 15 is 0 Å². The number of rotatable bonds is 29. The summed E-state index contributed by atoms with van der Waals surface area (Å²) in [6, 6.07) is 61.2. The van der Waals surface area contributed by atoms with Crippen molar-refractivity contribution in [2.45, 2.75) is 208 Å². The number of nitrogens with zero attached hydrogens (tertiary/aromatic N) is 9. The van der Waals surface area contributed by atoms with Gasteiger partial charge in [0, 0.05) is 109 Å². The Bertz CT molecular complexity index is 6420. The smallest absolute Gasteiger partial charge is 0.254 e. The summed E-state index contributed by atoms with van der Waals surface area (Å²) < 4.78 is 12.8. The lowest BCUT2D eigenvalue weighted by atomic mass is 9.71. The van der Waals surface area contributed by atoms with Crippen LogP contribution in [-0.4, -0.2) is 137 Å². The molecule has 139 heavy (non-hydrogen) atoms. The van der Waals surface area contributed by atoms with Gasteiger partial charge in [0.25, 0.3) is 47.3 Å². The van der Waals surface area contributed by atoms with E-state index in [1.165, 1.54) is 12.8 Å². The van der Waals surface area contributed by atoms with Crippen molar-refractivity contribution in [3.8, 4) is 45.0 Å². The first kappa shape index (κ1) is 99.9. The van der Waals surface area contributed by atoms with Crippen molar-refractivity contribution < 1.29 is 47.9 Å². The Morgan fingerprint density at radius 1 is 0.388 bits per heavy atom. The molecule has 4 aliphatic carbocycles. The van der Waals surface area contributed by atoms with E-state index < -0.39 is 23.6 Å². The van der Waals surface area contributed by atoms with E-state index in [0.717, 1.165) is 158 Å². The van der Waals surface area contributed by atoms with Crippen molar-refractivity contribution in [2.24, 2.45) is 34.3 Å². The molecule has 31 heteroatoms. The van der Waals surface area contributed by atoms with Crippen LogP contribution in [0, 0.1) is 39.0 Å². The summed E-state index contributed by atoms with van der Waals surface area (Å²) in [6.45, 7) is 17.7. The predicted octanol–water partition coefficient (Wildman–Crippen LogP) is 16.1. The molecule has 4 aromatic heterocycles. The van der Waals surface area contributed by atoms with Gasteiger partial charge in [0.2, 0.25) is 5.91 Å². The zero-order valence-electron chi connectivity index (χ0n) is 80.8.